The smallest absolute Gasteiger partial charge is 0.202 e. The molecule has 6 rings (SSSR count). The second kappa shape index (κ2) is 11.1. The molecule has 2 aliphatic carbocycles. The molecule has 2 aromatic rings. The molecule has 2 aromatic carbocycles. The number of methoxy groups -OCH3 is 1. The Kier molecular flexibility index (Phi) is 7.74. The van der Waals surface area contributed by atoms with Gasteiger partial charge in [-0.05, 0) is 19.4 Å². The molecule has 0 bridgehead atoms. The van der Waals surface area contributed by atoms with Crippen molar-refractivity contribution < 1.29 is 54.1 Å². The van der Waals surface area contributed by atoms with Crippen molar-refractivity contribution in [3.8, 4) is 17.2 Å². The number of hydrogen-bond donors (Lipinski definition) is 5. The summed E-state index contributed by atoms with van der Waals surface area (Å²) in [6, 6.07) is 4.15. The van der Waals surface area contributed by atoms with Gasteiger partial charge in [0.25, 0.3) is 0 Å². The minimum absolute atomic E-state index is 0.0207. The van der Waals surface area contributed by atoms with Crippen LogP contribution in [0.25, 0.3) is 0 Å². The Morgan fingerprint density at radius 1 is 1.02 bits per heavy atom. The quantitative estimate of drug-likeness (QED) is 0.269. The van der Waals surface area contributed by atoms with E-state index in [1.165, 1.54) is 25.3 Å². The van der Waals surface area contributed by atoms with Crippen LogP contribution in [0, 0.1) is 0 Å². The molecular formula is C31H37NO11. The number of nitrogens with zero attached hydrogens (tertiary/aromatic N) is 1. The van der Waals surface area contributed by atoms with E-state index in [1.807, 2.05) is 0 Å². The normalized spacial score (nSPS) is 32.6. The van der Waals surface area contributed by atoms with E-state index < -0.39 is 70.5 Å². The summed E-state index contributed by atoms with van der Waals surface area (Å²) in [5.41, 5.74) is -3.15. The van der Waals surface area contributed by atoms with Gasteiger partial charge in [-0.3, -0.25) is 14.5 Å². The first-order chi connectivity index (χ1) is 20.5. The zero-order valence-corrected chi connectivity index (χ0v) is 24.3. The molecule has 12 nitrogen and oxygen atoms in total. The molecule has 1 unspecified atom stereocenters. The number of phenols is 2. The summed E-state index contributed by atoms with van der Waals surface area (Å²) in [5, 5.41) is 57.0. The molecule has 5 N–H and O–H groups in total. The summed E-state index contributed by atoms with van der Waals surface area (Å²) in [5.74, 6) is -2.68. The Balaban J connectivity index is 1.45. The van der Waals surface area contributed by atoms with E-state index in [9.17, 15) is 35.1 Å². The molecule has 2 fully saturated rings. The summed E-state index contributed by atoms with van der Waals surface area (Å²) in [6.45, 7) is 5.68. The molecule has 0 saturated carbocycles. The van der Waals surface area contributed by atoms with Crippen LogP contribution in [-0.4, -0.2) is 106 Å². The van der Waals surface area contributed by atoms with Gasteiger partial charge in [0, 0.05) is 48.7 Å². The third-order valence-corrected chi connectivity index (χ3v) is 9.46. The van der Waals surface area contributed by atoms with Gasteiger partial charge >= 0.3 is 0 Å². The maximum Gasteiger partial charge on any atom is 0.202 e. The van der Waals surface area contributed by atoms with Gasteiger partial charge in [-0.1, -0.05) is 19.1 Å². The molecule has 0 amide bonds. The molecule has 2 saturated heterocycles. The van der Waals surface area contributed by atoms with Crippen molar-refractivity contribution in [3.63, 3.8) is 0 Å². The van der Waals surface area contributed by atoms with E-state index >= 15 is 0 Å². The third-order valence-electron chi connectivity index (χ3n) is 9.46. The van der Waals surface area contributed by atoms with Crippen LogP contribution in [0.1, 0.15) is 88.3 Å². The first kappa shape index (κ1) is 29.9. The molecule has 232 valence electrons. The average Bonchev–Trinajstić information content (AvgIpc) is 3.01. The van der Waals surface area contributed by atoms with Crippen molar-refractivity contribution in [3.05, 3.63) is 51.6 Å². The van der Waals surface area contributed by atoms with Crippen LogP contribution >= 0.6 is 0 Å². The Bertz CT molecular complexity index is 1450. The van der Waals surface area contributed by atoms with Gasteiger partial charge < -0.3 is 44.5 Å². The lowest BCUT2D eigenvalue weighted by Gasteiger charge is -2.47. The molecule has 43 heavy (non-hydrogen) atoms. The fourth-order valence-electron chi connectivity index (χ4n) is 7.02. The highest BCUT2D eigenvalue weighted by Gasteiger charge is 2.52. The zero-order valence-electron chi connectivity index (χ0n) is 24.3. The SMILES string of the molecule is CC[C@@]1(O)C[C@H](O[C@H]2CC(N3CCOCC3)[C@H](O)[C@H](C)O2)c2c(O)c3c(c(O)c2[C@H]1O)C(=O)c1cccc(OC)c1C3=O. The summed E-state index contributed by atoms with van der Waals surface area (Å²) < 4.78 is 23.2. The number of aliphatic hydroxyl groups is 3. The van der Waals surface area contributed by atoms with E-state index in [0.29, 0.717) is 26.3 Å². The van der Waals surface area contributed by atoms with Crippen molar-refractivity contribution in [2.75, 3.05) is 33.4 Å². The van der Waals surface area contributed by atoms with E-state index in [1.54, 1.807) is 13.8 Å². The summed E-state index contributed by atoms with van der Waals surface area (Å²) in [6.07, 6.45) is -5.07. The number of benzene rings is 2. The fraction of sp³-hybridized carbons (Fsp3) is 0.548. The number of fused-ring (bicyclic) bond motifs is 3. The highest BCUT2D eigenvalue weighted by atomic mass is 16.7. The molecule has 0 radical (unpaired) electrons. The van der Waals surface area contributed by atoms with Gasteiger partial charge in [-0.2, -0.15) is 0 Å². The largest absolute Gasteiger partial charge is 0.507 e. The van der Waals surface area contributed by atoms with Crippen LogP contribution < -0.4 is 4.74 Å². The van der Waals surface area contributed by atoms with Crippen LogP contribution in [0.15, 0.2) is 18.2 Å². The number of hydrogen-bond acceptors (Lipinski definition) is 12. The predicted molar refractivity (Wildman–Crippen MR) is 149 cm³/mol. The lowest BCUT2D eigenvalue weighted by molar-refractivity contribution is -0.264. The minimum Gasteiger partial charge on any atom is -0.507 e. The van der Waals surface area contributed by atoms with Crippen molar-refractivity contribution in [2.24, 2.45) is 0 Å². The second-order valence-electron chi connectivity index (χ2n) is 11.7. The Labute approximate surface area is 248 Å². The topological polar surface area (TPSA) is 175 Å². The fourth-order valence-corrected chi connectivity index (χ4v) is 7.02. The number of aromatic hydroxyl groups is 2. The molecule has 4 aliphatic rings. The predicted octanol–water partition coefficient (Wildman–Crippen LogP) is 1.71. The van der Waals surface area contributed by atoms with Crippen molar-refractivity contribution in [1.29, 1.82) is 0 Å². The third kappa shape index (κ3) is 4.63. The number of rotatable bonds is 5. The van der Waals surface area contributed by atoms with E-state index in [4.69, 9.17) is 18.9 Å². The van der Waals surface area contributed by atoms with Crippen LogP contribution in [-0.2, 0) is 14.2 Å². The number of aliphatic hydroxyl groups excluding tert-OH is 2. The Morgan fingerprint density at radius 2 is 1.70 bits per heavy atom. The van der Waals surface area contributed by atoms with Gasteiger partial charge in [0.15, 0.2) is 12.1 Å². The van der Waals surface area contributed by atoms with Crippen molar-refractivity contribution in [2.45, 2.75) is 75.5 Å². The molecule has 2 heterocycles. The molecule has 2 aliphatic heterocycles. The Hall–Kier alpha value is -3.10. The van der Waals surface area contributed by atoms with Crippen LogP contribution in [0.5, 0.6) is 17.2 Å². The summed E-state index contributed by atoms with van der Waals surface area (Å²) in [7, 11) is 1.35. The molecule has 0 spiro atoms. The molecule has 0 aromatic heterocycles. The van der Waals surface area contributed by atoms with E-state index in [2.05, 4.69) is 4.90 Å². The van der Waals surface area contributed by atoms with Gasteiger partial charge in [0.1, 0.15) is 23.4 Å². The van der Waals surface area contributed by atoms with Crippen molar-refractivity contribution >= 4 is 11.6 Å². The van der Waals surface area contributed by atoms with Crippen LogP contribution in [0.3, 0.4) is 0 Å². The summed E-state index contributed by atoms with van der Waals surface area (Å²) in [4.78, 5) is 29.6. The van der Waals surface area contributed by atoms with Crippen molar-refractivity contribution in [1.82, 2.24) is 4.90 Å². The monoisotopic (exact) mass is 599 g/mol. The van der Waals surface area contributed by atoms with Gasteiger partial charge in [-0.25, -0.2) is 0 Å². The van der Waals surface area contributed by atoms with Gasteiger partial charge in [-0.15, -0.1) is 0 Å². The highest BCUT2D eigenvalue weighted by Crippen LogP contribution is 2.56. The molecule has 12 heteroatoms. The number of carbonyl (C=O) groups is 2. The molecule has 7 atom stereocenters. The number of ether oxygens (including phenoxy) is 4. The second-order valence-corrected chi connectivity index (χ2v) is 11.7. The van der Waals surface area contributed by atoms with E-state index in [-0.39, 0.29) is 53.3 Å². The first-order valence-corrected chi connectivity index (χ1v) is 14.6. The van der Waals surface area contributed by atoms with Crippen LogP contribution in [0.4, 0.5) is 0 Å². The molecular weight excluding hydrogens is 562 g/mol. The van der Waals surface area contributed by atoms with E-state index in [0.717, 1.165) is 0 Å². The number of ketones is 2. The Morgan fingerprint density at radius 3 is 2.37 bits per heavy atom. The lowest BCUT2D eigenvalue weighted by atomic mass is 9.70. The lowest BCUT2D eigenvalue weighted by Crippen LogP contribution is -2.58. The van der Waals surface area contributed by atoms with Gasteiger partial charge in [0.2, 0.25) is 5.78 Å². The first-order valence-electron chi connectivity index (χ1n) is 14.6. The maximum absolute atomic E-state index is 13.8. The number of carbonyl (C=O) groups excluding carboxylic acids is 2. The number of morpholine rings is 1. The number of phenolic OH excluding ortho intramolecular Hbond substituents is 2. The zero-order chi connectivity index (χ0) is 30.8. The average molecular weight is 600 g/mol. The highest BCUT2D eigenvalue weighted by molar-refractivity contribution is 6.31. The van der Waals surface area contributed by atoms with Crippen LogP contribution in [0.2, 0.25) is 0 Å². The standard InChI is InChI=1S/C31H37NO11/c1-4-31(39)13-18(43-19-12-16(25(33)14(2)42-19)32-8-10-41-11-9-32)21-24(30(31)38)29(37)22-23(28(21)36)27(35)20-15(26(22)34)6-5-7-17(20)40-3/h5-7,14,16,18-19,25,30,33,36-39H,4,8-13H2,1-3H3/t14-,16?,18-,19-,25+,30+,31+/m0/s1. The van der Waals surface area contributed by atoms with Gasteiger partial charge in [0.05, 0.1) is 60.9 Å². The maximum atomic E-state index is 13.8. The summed E-state index contributed by atoms with van der Waals surface area (Å²) >= 11 is 0. The minimum atomic E-state index is -1.80.